The number of hydrogen-bond donors (Lipinski definition) is 2. The Labute approximate surface area is 99.0 Å². The lowest BCUT2D eigenvalue weighted by Crippen LogP contribution is -2.29. The van der Waals surface area contributed by atoms with Crippen molar-refractivity contribution in [3.8, 4) is 0 Å². The topological polar surface area (TPSA) is 63.3 Å². The first-order valence-corrected chi connectivity index (χ1v) is 6.45. The Bertz CT molecular complexity index is 398. The van der Waals surface area contributed by atoms with E-state index in [9.17, 15) is 4.79 Å². The first-order valence-electron chi connectivity index (χ1n) is 5.23. The number of benzene rings is 1. The summed E-state index contributed by atoms with van der Waals surface area (Å²) in [5.74, 6) is -0.769. The summed E-state index contributed by atoms with van der Waals surface area (Å²) in [4.78, 5) is 12.3. The molecule has 16 heavy (non-hydrogen) atoms. The van der Waals surface area contributed by atoms with Gasteiger partial charge in [-0.2, -0.15) is 0 Å². The van der Waals surface area contributed by atoms with Crippen molar-refractivity contribution in [2.45, 2.75) is 23.8 Å². The molecule has 3 nitrogen and oxygen atoms in total. The molecule has 1 aromatic carbocycles. The normalized spacial score (nSPS) is 19.1. The van der Waals surface area contributed by atoms with Gasteiger partial charge in [0.05, 0.1) is 5.41 Å². The highest BCUT2D eigenvalue weighted by Gasteiger charge is 2.55. The molecule has 86 valence electrons. The van der Waals surface area contributed by atoms with Crippen LogP contribution in [0.2, 0.25) is 0 Å². The van der Waals surface area contributed by atoms with Crippen LogP contribution in [-0.2, 0) is 4.79 Å². The Balaban J connectivity index is 2.21. The number of rotatable bonds is 4. The van der Waals surface area contributed by atoms with Gasteiger partial charge in [0.25, 0.3) is 0 Å². The van der Waals surface area contributed by atoms with Crippen molar-refractivity contribution in [1.29, 1.82) is 0 Å². The van der Waals surface area contributed by atoms with E-state index in [1.54, 1.807) is 11.8 Å². The Morgan fingerprint density at radius 1 is 1.44 bits per heavy atom. The molecule has 1 fully saturated rings. The van der Waals surface area contributed by atoms with Gasteiger partial charge in [-0.05, 0) is 36.8 Å². The van der Waals surface area contributed by atoms with Crippen LogP contribution >= 0.6 is 11.8 Å². The molecule has 1 unspecified atom stereocenters. The van der Waals surface area contributed by atoms with Crippen LogP contribution < -0.4 is 5.73 Å². The fourth-order valence-electron chi connectivity index (χ4n) is 1.92. The summed E-state index contributed by atoms with van der Waals surface area (Å²) in [5, 5.41) is 9.15. The predicted octanol–water partition coefficient (Wildman–Crippen LogP) is 2.27. The van der Waals surface area contributed by atoms with E-state index in [1.165, 1.54) is 0 Å². The predicted molar refractivity (Wildman–Crippen MR) is 64.5 cm³/mol. The molecular weight excluding hydrogens is 222 g/mol. The molecule has 3 N–H and O–H groups in total. The van der Waals surface area contributed by atoms with Crippen molar-refractivity contribution < 1.29 is 9.90 Å². The van der Waals surface area contributed by atoms with Crippen LogP contribution in [0.1, 0.15) is 24.4 Å². The van der Waals surface area contributed by atoms with Crippen molar-refractivity contribution in [1.82, 2.24) is 0 Å². The van der Waals surface area contributed by atoms with Gasteiger partial charge in [-0.15, -0.1) is 11.8 Å². The standard InChI is InChI=1S/C12H15NO2S/c1-16-9-4-2-8(3-5-9)10(13)12(6-7-12)11(14)15/h2-5,10H,6-7,13H2,1H3,(H,14,15). The third-order valence-electron chi connectivity index (χ3n) is 3.28. The van der Waals surface area contributed by atoms with Gasteiger partial charge in [-0.1, -0.05) is 12.1 Å². The van der Waals surface area contributed by atoms with E-state index in [0.717, 1.165) is 10.5 Å². The summed E-state index contributed by atoms with van der Waals surface area (Å²) >= 11 is 1.66. The van der Waals surface area contributed by atoms with Gasteiger partial charge in [0.1, 0.15) is 0 Å². The second-order valence-corrected chi connectivity index (χ2v) is 5.09. The van der Waals surface area contributed by atoms with Crippen LogP contribution in [0.15, 0.2) is 29.2 Å². The van der Waals surface area contributed by atoms with Crippen molar-refractivity contribution >= 4 is 17.7 Å². The van der Waals surface area contributed by atoms with E-state index in [1.807, 2.05) is 30.5 Å². The minimum Gasteiger partial charge on any atom is -0.481 e. The molecule has 0 heterocycles. The van der Waals surface area contributed by atoms with Gasteiger partial charge >= 0.3 is 5.97 Å². The van der Waals surface area contributed by atoms with Gasteiger partial charge in [0, 0.05) is 10.9 Å². The molecule has 1 aromatic rings. The largest absolute Gasteiger partial charge is 0.481 e. The summed E-state index contributed by atoms with van der Waals surface area (Å²) in [6.45, 7) is 0. The molecule has 1 atom stereocenters. The molecule has 0 spiro atoms. The summed E-state index contributed by atoms with van der Waals surface area (Å²) in [7, 11) is 0. The second kappa shape index (κ2) is 4.11. The molecular formula is C12H15NO2S. The number of carboxylic acid groups (broad SMARTS) is 1. The second-order valence-electron chi connectivity index (χ2n) is 4.21. The Morgan fingerprint density at radius 2 is 2.00 bits per heavy atom. The molecule has 1 aliphatic rings. The van der Waals surface area contributed by atoms with Gasteiger partial charge < -0.3 is 10.8 Å². The molecule has 0 bridgehead atoms. The van der Waals surface area contributed by atoms with Crippen molar-refractivity contribution in [3.63, 3.8) is 0 Å². The highest BCUT2D eigenvalue weighted by Crippen LogP contribution is 2.54. The molecule has 0 saturated heterocycles. The summed E-state index contributed by atoms with van der Waals surface area (Å²) < 4.78 is 0. The average Bonchev–Trinajstić information content (AvgIpc) is 3.09. The van der Waals surface area contributed by atoms with Gasteiger partial charge in [0.15, 0.2) is 0 Å². The van der Waals surface area contributed by atoms with Crippen molar-refractivity contribution in [2.24, 2.45) is 11.1 Å². The van der Waals surface area contributed by atoms with Gasteiger partial charge in [-0.25, -0.2) is 0 Å². The van der Waals surface area contributed by atoms with Gasteiger partial charge in [-0.3, -0.25) is 4.79 Å². The van der Waals surface area contributed by atoms with E-state index < -0.39 is 11.4 Å². The number of carboxylic acids is 1. The number of aliphatic carboxylic acids is 1. The number of nitrogens with two attached hydrogens (primary N) is 1. The lowest BCUT2D eigenvalue weighted by atomic mass is 9.91. The third-order valence-corrected chi connectivity index (χ3v) is 4.03. The first kappa shape index (κ1) is 11.5. The zero-order chi connectivity index (χ0) is 11.8. The molecule has 0 aromatic heterocycles. The zero-order valence-corrected chi connectivity index (χ0v) is 9.96. The minimum absolute atomic E-state index is 0.388. The lowest BCUT2D eigenvalue weighted by molar-refractivity contribution is -0.144. The molecule has 1 saturated carbocycles. The quantitative estimate of drug-likeness (QED) is 0.788. The van der Waals surface area contributed by atoms with Gasteiger partial charge in [0.2, 0.25) is 0 Å². The van der Waals surface area contributed by atoms with Crippen LogP contribution in [-0.4, -0.2) is 17.3 Å². The molecule has 0 amide bonds. The maximum Gasteiger partial charge on any atom is 0.311 e. The summed E-state index contributed by atoms with van der Waals surface area (Å²) in [6, 6.07) is 7.44. The first-order chi connectivity index (χ1) is 7.60. The molecule has 0 radical (unpaired) electrons. The number of thioether (sulfide) groups is 1. The Kier molecular flexibility index (Phi) is 2.95. The fourth-order valence-corrected chi connectivity index (χ4v) is 2.33. The van der Waals surface area contributed by atoms with E-state index in [2.05, 4.69) is 0 Å². The van der Waals surface area contributed by atoms with Crippen LogP contribution in [0.4, 0.5) is 0 Å². The SMILES string of the molecule is CSc1ccc(C(N)C2(C(=O)O)CC2)cc1. The van der Waals surface area contributed by atoms with E-state index >= 15 is 0 Å². The van der Waals surface area contributed by atoms with Crippen molar-refractivity contribution in [3.05, 3.63) is 29.8 Å². The molecule has 2 rings (SSSR count). The molecule has 0 aliphatic heterocycles. The maximum absolute atomic E-state index is 11.1. The highest BCUT2D eigenvalue weighted by atomic mass is 32.2. The van der Waals surface area contributed by atoms with Crippen LogP contribution in [0.5, 0.6) is 0 Å². The van der Waals surface area contributed by atoms with Crippen LogP contribution in [0, 0.1) is 5.41 Å². The molecule has 1 aliphatic carbocycles. The van der Waals surface area contributed by atoms with E-state index in [0.29, 0.717) is 12.8 Å². The Hall–Kier alpha value is -1.00. The average molecular weight is 237 g/mol. The maximum atomic E-state index is 11.1. The minimum atomic E-state index is -0.769. The van der Waals surface area contributed by atoms with Crippen molar-refractivity contribution in [2.75, 3.05) is 6.26 Å². The summed E-state index contributed by atoms with van der Waals surface area (Å²) in [6.07, 6.45) is 3.39. The van der Waals surface area contributed by atoms with Crippen LogP contribution in [0.3, 0.4) is 0 Å². The lowest BCUT2D eigenvalue weighted by Gasteiger charge is -2.19. The fraction of sp³-hybridized carbons (Fsp3) is 0.417. The van der Waals surface area contributed by atoms with E-state index in [4.69, 9.17) is 10.8 Å². The third kappa shape index (κ3) is 1.83. The van der Waals surface area contributed by atoms with E-state index in [-0.39, 0.29) is 6.04 Å². The smallest absolute Gasteiger partial charge is 0.311 e. The number of hydrogen-bond acceptors (Lipinski definition) is 3. The molecule has 4 heteroatoms. The monoisotopic (exact) mass is 237 g/mol. The van der Waals surface area contributed by atoms with Crippen LogP contribution in [0.25, 0.3) is 0 Å². The Morgan fingerprint density at radius 3 is 2.38 bits per heavy atom. The summed E-state index contributed by atoms with van der Waals surface area (Å²) in [5.41, 5.74) is 6.25. The number of carbonyl (C=O) groups is 1. The highest BCUT2D eigenvalue weighted by molar-refractivity contribution is 7.98. The zero-order valence-electron chi connectivity index (χ0n) is 9.14.